The van der Waals surface area contributed by atoms with Gasteiger partial charge in [-0.1, -0.05) is 20.8 Å². The topological polar surface area (TPSA) is 21.3 Å². The smallest absolute Gasteiger partial charge is 0.0471 e. The predicted octanol–water partition coefficient (Wildman–Crippen LogP) is 3.07. The summed E-state index contributed by atoms with van der Waals surface area (Å²) in [5.41, 5.74) is 0.462. The van der Waals surface area contributed by atoms with E-state index in [9.17, 15) is 0 Å². The summed E-state index contributed by atoms with van der Waals surface area (Å²) in [7, 11) is 0. The Bertz CT molecular complexity index is 189. The van der Waals surface area contributed by atoms with Crippen molar-refractivity contribution in [3.63, 3.8) is 0 Å². The van der Waals surface area contributed by atoms with Crippen LogP contribution in [0.25, 0.3) is 0 Å². The molecule has 0 spiro atoms. The molecule has 0 aromatic heterocycles. The molecule has 0 heterocycles. The maximum atomic E-state index is 5.51. The average Bonchev–Trinajstić information content (AvgIpc) is 3.00. The Morgan fingerprint density at radius 1 is 1.38 bits per heavy atom. The first-order valence-electron chi connectivity index (χ1n) is 6.87. The molecule has 96 valence electrons. The van der Waals surface area contributed by atoms with Crippen LogP contribution >= 0.6 is 0 Å². The maximum absolute atomic E-state index is 5.51. The molecule has 1 saturated carbocycles. The van der Waals surface area contributed by atoms with Gasteiger partial charge < -0.3 is 10.1 Å². The molecule has 1 aliphatic rings. The summed E-state index contributed by atoms with van der Waals surface area (Å²) in [6.07, 6.45) is 4.05. The second-order valence-corrected chi connectivity index (χ2v) is 5.90. The molecule has 0 amide bonds. The Kier molecular flexibility index (Phi) is 5.77. The largest absolute Gasteiger partial charge is 0.382 e. The highest BCUT2D eigenvalue weighted by Gasteiger charge is 2.40. The van der Waals surface area contributed by atoms with Crippen molar-refractivity contribution >= 4 is 0 Å². The van der Waals surface area contributed by atoms with E-state index in [0.717, 1.165) is 38.1 Å². The molecule has 1 unspecified atom stereocenters. The molecule has 0 bridgehead atoms. The summed E-state index contributed by atoms with van der Waals surface area (Å²) >= 11 is 0. The zero-order chi connectivity index (χ0) is 12.0. The molecule has 1 N–H and O–H groups in total. The molecule has 1 fully saturated rings. The molecule has 1 atom stereocenters. The van der Waals surface area contributed by atoms with Crippen LogP contribution in [-0.4, -0.2) is 26.3 Å². The third-order valence-electron chi connectivity index (χ3n) is 3.67. The van der Waals surface area contributed by atoms with Crippen LogP contribution in [0.5, 0.6) is 0 Å². The van der Waals surface area contributed by atoms with Gasteiger partial charge in [-0.2, -0.15) is 0 Å². The number of hydrogen-bond acceptors (Lipinski definition) is 2. The highest BCUT2D eigenvalue weighted by atomic mass is 16.5. The van der Waals surface area contributed by atoms with E-state index in [0.29, 0.717) is 5.41 Å². The van der Waals surface area contributed by atoms with E-state index >= 15 is 0 Å². The molecule has 2 heteroatoms. The van der Waals surface area contributed by atoms with Crippen molar-refractivity contribution in [1.82, 2.24) is 5.32 Å². The van der Waals surface area contributed by atoms with Crippen LogP contribution in [0.3, 0.4) is 0 Å². The number of ether oxygens (including phenoxy) is 1. The molecule has 1 rings (SSSR count). The van der Waals surface area contributed by atoms with E-state index < -0.39 is 0 Å². The molecule has 0 radical (unpaired) electrons. The van der Waals surface area contributed by atoms with Crippen LogP contribution in [0.1, 0.15) is 47.0 Å². The van der Waals surface area contributed by atoms with Gasteiger partial charge in [-0.25, -0.2) is 0 Å². The monoisotopic (exact) mass is 227 g/mol. The normalized spacial score (nSPS) is 20.1. The summed E-state index contributed by atoms with van der Waals surface area (Å²) in [6.45, 7) is 13.1. The van der Waals surface area contributed by atoms with E-state index in [1.807, 2.05) is 0 Å². The lowest BCUT2D eigenvalue weighted by Gasteiger charge is -2.30. The highest BCUT2D eigenvalue weighted by Crippen LogP contribution is 2.47. The van der Waals surface area contributed by atoms with Gasteiger partial charge in [0.2, 0.25) is 0 Å². The van der Waals surface area contributed by atoms with Crippen molar-refractivity contribution in [3.8, 4) is 0 Å². The fraction of sp³-hybridized carbons (Fsp3) is 1.00. The average molecular weight is 227 g/mol. The third-order valence-corrected chi connectivity index (χ3v) is 3.67. The van der Waals surface area contributed by atoms with Gasteiger partial charge in [0.05, 0.1) is 0 Å². The van der Waals surface area contributed by atoms with Gasteiger partial charge in [0.1, 0.15) is 0 Å². The van der Waals surface area contributed by atoms with E-state index in [4.69, 9.17) is 4.74 Å². The lowest BCUT2D eigenvalue weighted by molar-refractivity contribution is 0.0980. The van der Waals surface area contributed by atoms with Crippen molar-refractivity contribution < 1.29 is 4.74 Å². The van der Waals surface area contributed by atoms with Gasteiger partial charge in [0.15, 0.2) is 0 Å². The van der Waals surface area contributed by atoms with Crippen LogP contribution in [-0.2, 0) is 4.74 Å². The zero-order valence-corrected chi connectivity index (χ0v) is 11.5. The molecule has 0 saturated heterocycles. The summed E-state index contributed by atoms with van der Waals surface area (Å²) in [4.78, 5) is 0. The van der Waals surface area contributed by atoms with E-state index in [-0.39, 0.29) is 0 Å². The van der Waals surface area contributed by atoms with Crippen LogP contribution in [0, 0.1) is 17.3 Å². The zero-order valence-electron chi connectivity index (χ0n) is 11.5. The molecule has 0 aliphatic heterocycles. The second kappa shape index (κ2) is 6.61. The van der Waals surface area contributed by atoms with Crippen molar-refractivity contribution in [3.05, 3.63) is 0 Å². The Morgan fingerprint density at radius 2 is 2.06 bits per heavy atom. The van der Waals surface area contributed by atoms with Crippen LogP contribution < -0.4 is 5.32 Å². The Morgan fingerprint density at radius 3 is 2.56 bits per heavy atom. The molecular formula is C14H29NO. The van der Waals surface area contributed by atoms with Crippen LogP contribution in [0.4, 0.5) is 0 Å². The Balaban J connectivity index is 2.27. The van der Waals surface area contributed by atoms with Gasteiger partial charge in [-0.3, -0.25) is 0 Å². The van der Waals surface area contributed by atoms with Gasteiger partial charge >= 0.3 is 0 Å². The quantitative estimate of drug-likeness (QED) is 0.611. The maximum Gasteiger partial charge on any atom is 0.0471 e. The van der Waals surface area contributed by atoms with Gasteiger partial charge in [0.25, 0.3) is 0 Å². The molecule has 2 nitrogen and oxygen atoms in total. The second-order valence-electron chi connectivity index (χ2n) is 5.90. The fourth-order valence-corrected chi connectivity index (χ4v) is 2.31. The van der Waals surface area contributed by atoms with Crippen molar-refractivity contribution in [1.29, 1.82) is 0 Å². The minimum absolute atomic E-state index is 0.462. The van der Waals surface area contributed by atoms with Crippen LogP contribution in [0.15, 0.2) is 0 Å². The third kappa shape index (κ3) is 4.84. The minimum atomic E-state index is 0.462. The number of rotatable bonds is 9. The first-order valence-corrected chi connectivity index (χ1v) is 6.87. The lowest BCUT2D eigenvalue weighted by atomic mass is 9.81. The predicted molar refractivity (Wildman–Crippen MR) is 69.6 cm³/mol. The van der Waals surface area contributed by atoms with Gasteiger partial charge in [-0.15, -0.1) is 0 Å². The fourth-order valence-electron chi connectivity index (χ4n) is 2.31. The highest BCUT2D eigenvalue weighted by molar-refractivity contribution is 4.92. The number of nitrogens with one attached hydrogen (secondary N) is 1. The summed E-state index contributed by atoms with van der Waals surface area (Å²) in [5.74, 6) is 1.68. The first kappa shape index (κ1) is 14.0. The lowest BCUT2D eigenvalue weighted by Crippen LogP contribution is -2.36. The molecule has 0 aromatic rings. The van der Waals surface area contributed by atoms with Gasteiger partial charge in [-0.05, 0) is 50.0 Å². The first-order chi connectivity index (χ1) is 7.58. The molecule has 16 heavy (non-hydrogen) atoms. The summed E-state index contributed by atoms with van der Waals surface area (Å²) in [6, 6.07) is 0. The molecular weight excluding hydrogens is 198 g/mol. The summed E-state index contributed by atoms with van der Waals surface area (Å²) in [5, 5.41) is 3.62. The van der Waals surface area contributed by atoms with Crippen LogP contribution in [0.2, 0.25) is 0 Å². The number of hydrogen-bond donors (Lipinski definition) is 1. The van der Waals surface area contributed by atoms with Crippen molar-refractivity contribution in [2.75, 3.05) is 26.3 Å². The van der Waals surface area contributed by atoms with E-state index in [1.165, 1.54) is 19.3 Å². The Labute approximate surface area is 101 Å². The molecule has 1 aliphatic carbocycles. The van der Waals surface area contributed by atoms with E-state index in [2.05, 4.69) is 33.0 Å². The van der Waals surface area contributed by atoms with Crippen molar-refractivity contribution in [2.45, 2.75) is 47.0 Å². The minimum Gasteiger partial charge on any atom is -0.382 e. The molecule has 0 aromatic carbocycles. The Hall–Kier alpha value is -0.0800. The van der Waals surface area contributed by atoms with E-state index in [1.54, 1.807) is 0 Å². The standard InChI is InChI=1S/C14H29NO/c1-5-16-9-8-14(4,13-6-7-13)11-15-10-12(2)3/h12-13,15H,5-11H2,1-4H3. The SMILES string of the molecule is CCOCCC(C)(CNCC(C)C)C1CC1. The van der Waals surface area contributed by atoms with Crippen molar-refractivity contribution in [2.24, 2.45) is 17.3 Å². The van der Waals surface area contributed by atoms with Gasteiger partial charge in [0, 0.05) is 19.8 Å². The summed E-state index contributed by atoms with van der Waals surface area (Å²) < 4.78 is 5.51.